The van der Waals surface area contributed by atoms with Gasteiger partial charge < -0.3 is 9.80 Å². The summed E-state index contributed by atoms with van der Waals surface area (Å²) in [6.07, 6.45) is 7.18. The van der Waals surface area contributed by atoms with Crippen LogP contribution >= 0.6 is 0 Å². The van der Waals surface area contributed by atoms with E-state index in [0.717, 1.165) is 32.4 Å². The summed E-state index contributed by atoms with van der Waals surface area (Å²) in [6.45, 7) is 1.54. The van der Waals surface area contributed by atoms with Gasteiger partial charge in [-0.1, -0.05) is 12.8 Å². The minimum absolute atomic E-state index is 0.0275. The average molecular weight is 248 g/mol. The Morgan fingerprint density at radius 1 is 1.06 bits per heavy atom. The van der Waals surface area contributed by atoms with Gasteiger partial charge in [0.1, 0.15) is 0 Å². The summed E-state index contributed by atoms with van der Waals surface area (Å²) in [5, 5.41) is 0. The molecule has 0 bridgehead atoms. The molecular weight excluding hydrogens is 228 g/mol. The maximum atomic E-state index is 12.3. The van der Waals surface area contributed by atoms with Gasteiger partial charge in [-0.05, 0) is 25.2 Å². The summed E-state index contributed by atoms with van der Waals surface area (Å²) < 4.78 is 0. The van der Waals surface area contributed by atoms with E-state index in [-0.39, 0.29) is 5.54 Å². The molecule has 3 saturated heterocycles. The lowest BCUT2D eigenvalue weighted by Crippen LogP contribution is -2.67. The number of hydrogen-bond donors (Lipinski definition) is 0. The van der Waals surface area contributed by atoms with Crippen LogP contribution in [0.4, 0.5) is 0 Å². The topological polar surface area (TPSA) is 40.6 Å². The Bertz CT molecular complexity index is 422. The molecule has 3 atom stereocenters. The zero-order valence-electron chi connectivity index (χ0n) is 10.7. The fraction of sp³-hybridized carbons (Fsp3) is 0.857. The van der Waals surface area contributed by atoms with Crippen LogP contribution in [-0.4, -0.2) is 46.3 Å². The van der Waals surface area contributed by atoms with Crippen LogP contribution in [0.5, 0.6) is 0 Å². The highest BCUT2D eigenvalue weighted by Crippen LogP contribution is 2.52. The zero-order valence-corrected chi connectivity index (χ0v) is 10.7. The molecule has 0 radical (unpaired) electrons. The van der Waals surface area contributed by atoms with Crippen molar-refractivity contribution in [3.8, 4) is 0 Å². The smallest absolute Gasteiger partial charge is 0.223 e. The van der Waals surface area contributed by atoms with Gasteiger partial charge in [0, 0.05) is 25.9 Å². The van der Waals surface area contributed by atoms with Gasteiger partial charge >= 0.3 is 0 Å². The van der Waals surface area contributed by atoms with Crippen LogP contribution in [0.25, 0.3) is 0 Å². The number of rotatable bonds is 0. The second-order valence-corrected chi connectivity index (χ2v) is 6.33. The van der Waals surface area contributed by atoms with Crippen molar-refractivity contribution in [1.29, 1.82) is 0 Å². The molecule has 4 fully saturated rings. The van der Waals surface area contributed by atoms with E-state index in [1.54, 1.807) is 0 Å². The Morgan fingerprint density at radius 2 is 1.94 bits per heavy atom. The van der Waals surface area contributed by atoms with Gasteiger partial charge in [-0.3, -0.25) is 9.59 Å². The van der Waals surface area contributed by atoms with Crippen molar-refractivity contribution < 1.29 is 9.59 Å². The Kier molecular flexibility index (Phi) is 2.10. The molecule has 2 amide bonds. The van der Waals surface area contributed by atoms with Crippen molar-refractivity contribution in [3.05, 3.63) is 0 Å². The first-order valence-corrected chi connectivity index (χ1v) is 7.33. The van der Waals surface area contributed by atoms with Gasteiger partial charge in [-0.2, -0.15) is 0 Å². The SMILES string of the molecule is O=C1CC[C@H]2N1CCN1C(=O)C[C@H]3CCCC[C@@]321. The van der Waals surface area contributed by atoms with Crippen molar-refractivity contribution in [2.45, 2.75) is 56.5 Å². The number of fused-ring (bicyclic) bond motifs is 1. The van der Waals surface area contributed by atoms with Crippen molar-refractivity contribution in [2.75, 3.05) is 13.1 Å². The molecule has 0 N–H and O–H groups in total. The molecular formula is C14H20N2O2. The first-order chi connectivity index (χ1) is 8.73. The van der Waals surface area contributed by atoms with Gasteiger partial charge in [-0.15, -0.1) is 0 Å². The number of piperazine rings is 1. The van der Waals surface area contributed by atoms with Crippen molar-refractivity contribution in [2.24, 2.45) is 5.92 Å². The van der Waals surface area contributed by atoms with Gasteiger partial charge in [0.15, 0.2) is 0 Å². The van der Waals surface area contributed by atoms with E-state index in [2.05, 4.69) is 9.80 Å². The molecule has 3 aliphatic heterocycles. The molecule has 0 aromatic carbocycles. The van der Waals surface area contributed by atoms with Gasteiger partial charge in [0.2, 0.25) is 11.8 Å². The van der Waals surface area contributed by atoms with Gasteiger partial charge in [0.05, 0.1) is 11.6 Å². The highest BCUT2D eigenvalue weighted by molar-refractivity contribution is 5.84. The summed E-state index contributed by atoms with van der Waals surface area (Å²) in [5.41, 5.74) is 0.0275. The van der Waals surface area contributed by atoms with Crippen LogP contribution in [0.1, 0.15) is 44.9 Å². The Balaban J connectivity index is 1.79. The first-order valence-electron chi connectivity index (χ1n) is 7.33. The summed E-state index contributed by atoms with van der Waals surface area (Å²) in [4.78, 5) is 28.5. The Labute approximate surface area is 107 Å². The van der Waals surface area contributed by atoms with Gasteiger partial charge in [-0.25, -0.2) is 0 Å². The molecule has 4 rings (SSSR count). The van der Waals surface area contributed by atoms with Crippen molar-refractivity contribution >= 4 is 11.8 Å². The molecule has 4 aliphatic rings. The molecule has 1 spiro atoms. The second-order valence-electron chi connectivity index (χ2n) is 6.33. The Hall–Kier alpha value is -1.06. The number of amides is 2. The number of hydrogen-bond acceptors (Lipinski definition) is 2. The number of carbonyl (C=O) groups is 2. The number of carbonyl (C=O) groups excluding carboxylic acids is 2. The third-order valence-electron chi connectivity index (χ3n) is 5.78. The largest absolute Gasteiger partial charge is 0.336 e. The average Bonchev–Trinajstić information content (AvgIpc) is 2.88. The van der Waals surface area contributed by atoms with E-state index >= 15 is 0 Å². The van der Waals surface area contributed by atoms with Gasteiger partial charge in [0.25, 0.3) is 0 Å². The lowest BCUT2D eigenvalue weighted by atomic mass is 9.67. The number of nitrogens with zero attached hydrogens (tertiary/aromatic N) is 2. The van der Waals surface area contributed by atoms with Crippen LogP contribution in [0, 0.1) is 5.92 Å². The predicted octanol–water partition coefficient (Wildman–Crippen LogP) is 1.15. The fourth-order valence-corrected chi connectivity index (χ4v) is 5.13. The highest BCUT2D eigenvalue weighted by Gasteiger charge is 2.62. The van der Waals surface area contributed by atoms with Crippen LogP contribution in [0.3, 0.4) is 0 Å². The molecule has 0 unspecified atom stereocenters. The Morgan fingerprint density at radius 3 is 2.83 bits per heavy atom. The minimum Gasteiger partial charge on any atom is -0.336 e. The minimum atomic E-state index is 0.0275. The van der Waals surface area contributed by atoms with E-state index in [1.807, 2.05) is 0 Å². The summed E-state index contributed by atoms with van der Waals surface area (Å²) in [6, 6.07) is 0.329. The molecule has 18 heavy (non-hydrogen) atoms. The second kappa shape index (κ2) is 3.49. The molecule has 1 aliphatic carbocycles. The molecule has 0 aromatic rings. The molecule has 3 heterocycles. The predicted molar refractivity (Wildman–Crippen MR) is 65.8 cm³/mol. The molecule has 98 valence electrons. The van der Waals surface area contributed by atoms with Crippen LogP contribution in [0.15, 0.2) is 0 Å². The van der Waals surface area contributed by atoms with E-state index in [1.165, 1.54) is 19.3 Å². The van der Waals surface area contributed by atoms with E-state index in [0.29, 0.717) is 30.2 Å². The lowest BCUT2D eigenvalue weighted by molar-refractivity contribution is -0.146. The summed E-state index contributed by atoms with van der Waals surface area (Å²) in [5.74, 6) is 1.18. The maximum absolute atomic E-state index is 12.3. The molecule has 0 aromatic heterocycles. The normalized spacial score (nSPS) is 42.9. The molecule has 1 saturated carbocycles. The third kappa shape index (κ3) is 1.12. The summed E-state index contributed by atoms with van der Waals surface area (Å²) in [7, 11) is 0. The first kappa shape index (κ1) is 10.8. The summed E-state index contributed by atoms with van der Waals surface area (Å²) >= 11 is 0. The monoisotopic (exact) mass is 248 g/mol. The standard InChI is InChI=1S/C14H20N2O2/c17-12-5-4-11-14-6-2-1-3-10(14)9-13(18)16(14)8-7-15(11)12/h10-11H,1-9H2/t10-,11-,14-/m1/s1. The molecule has 4 heteroatoms. The van der Waals surface area contributed by atoms with E-state index in [4.69, 9.17) is 0 Å². The van der Waals surface area contributed by atoms with Crippen LogP contribution in [0.2, 0.25) is 0 Å². The highest BCUT2D eigenvalue weighted by atomic mass is 16.2. The van der Waals surface area contributed by atoms with E-state index < -0.39 is 0 Å². The quantitative estimate of drug-likeness (QED) is 0.645. The zero-order chi connectivity index (χ0) is 12.3. The fourth-order valence-electron chi connectivity index (χ4n) is 5.13. The van der Waals surface area contributed by atoms with Crippen molar-refractivity contribution in [1.82, 2.24) is 9.80 Å². The van der Waals surface area contributed by atoms with Crippen molar-refractivity contribution in [3.63, 3.8) is 0 Å². The third-order valence-corrected chi connectivity index (χ3v) is 5.78. The lowest BCUT2D eigenvalue weighted by Gasteiger charge is -2.55. The maximum Gasteiger partial charge on any atom is 0.223 e. The van der Waals surface area contributed by atoms with Crippen LogP contribution < -0.4 is 0 Å². The van der Waals surface area contributed by atoms with E-state index in [9.17, 15) is 9.59 Å². The molecule has 4 nitrogen and oxygen atoms in total. The van der Waals surface area contributed by atoms with Crippen LogP contribution in [-0.2, 0) is 9.59 Å².